The van der Waals surface area contributed by atoms with Crippen molar-refractivity contribution in [3.63, 3.8) is 0 Å². The zero-order valence-corrected chi connectivity index (χ0v) is 12.5. The minimum atomic E-state index is -0.382. The molecule has 0 aliphatic carbocycles. The largest absolute Gasteiger partial charge is 0.482 e. The van der Waals surface area contributed by atoms with Crippen molar-refractivity contribution in [3.05, 3.63) is 28.2 Å². The van der Waals surface area contributed by atoms with E-state index in [2.05, 4.69) is 6.92 Å². The van der Waals surface area contributed by atoms with Crippen LogP contribution in [0.25, 0.3) is 0 Å². The van der Waals surface area contributed by atoms with Gasteiger partial charge in [-0.2, -0.15) is 0 Å². The summed E-state index contributed by atoms with van der Waals surface area (Å²) >= 11 is 11.6. The highest BCUT2D eigenvalue weighted by Crippen LogP contribution is 2.24. The molecule has 0 radical (unpaired) electrons. The quantitative estimate of drug-likeness (QED) is 0.524. The maximum atomic E-state index is 11.4. The van der Waals surface area contributed by atoms with Gasteiger partial charge in [0.25, 0.3) is 0 Å². The first kappa shape index (κ1) is 16.1. The summed E-state index contributed by atoms with van der Waals surface area (Å²) in [5, 5.41) is 0.936. The number of hydrogen-bond acceptors (Lipinski definition) is 3. The van der Waals surface area contributed by atoms with Gasteiger partial charge in [-0.05, 0) is 24.6 Å². The Bertz CT molecular complexity index is 387. The second kappa shape index (κ2) is 9.05. The minimum Gasteiger partial charge on any atom is -0.482 e. The molecular weight excluding hydrogens is 287 g/mol. The third kappa shape index (κ3) is 7.28. The summed E-state index contributed by atoms with van der Waals surface area (Å²) < 4.78 is 10.3. The fraction of sp³-hybridized carbons (Fsp3) is 0.500. The first-order valence-corrected chi connectivity index (χ1v) is 7.12. The molecule has 106 valence electrons. The maximum Gasteiger partial charge on any atom is 0.344 e. The molecule has 1 aromatic carbocycles. The van der Waals surface area contributed by atoms with Gasteiger partial charge >= 0.3 is 5.97 Å². The van der Waals surface area contributed by atoms with Crippen molar-refractivity contribution in [1.29, 1.82) is 0 Å². The van der Waals surface area contributed by atoms with Gasteiger partial charge in [0.2, 0.25) is 0 Å². The van der Waals surface area contributed by atoms with E-state index in [9.17, 15) is 4.79 Å². The number of halogens is 2. The van der Waals surface area contributed by atoms with Crippen molar-refractivity contribution in [1.82, 2.24) is 0 Å². The molecule has 0 aromatic heterocycles. The molecule has 5 heteroatoms. The molecule has 0 aliphatic rings. The van der Waals surface area contributed by atoms with Gasteiger partial charge in [0, 0.05) is 10.0 Å². The van der Waals surface area contributed by atoms with E-state index in [0.717, 1.165) is 25.7 Å². The van der Waals surface area contributed by atoms with E-state index in [-0.39, 0.29) is 12.6 Å². The summed E-state index contributed by atoms with van der Waals surface area (Å²) in [6.45, 7) is 2.44. The van der Waals surface area contributed by atoms with Crippen molar-refractivity contribution < 1.29 is 14.3 Å². The Morgan fingerprint density at radius 3 is 2.42 bits per heavy atom. The molecule has 1 aromatic rings. The van der Waals surface area contributed by atoms with E-state index >= 15 is 0 Å². The normalized spacial score (nSPS) is 10.3. The van der Waals surface area contributed by atoms with Crippen LogP contribution in [0.4, 0.5) is 0 Å². The number of benzene rings is 1. The van der Waals surface area contributed by atoms with E-state index in [0.29, 0.717) is 22.4 Å². The average molecular weight is 305 g/mol. The first-order valence-electron chi connectivity index (χ1n) is 6.36. The standard InChI is InChI=1S/C14H18Cl2O3/c1-2-3-4-5-6-18-14(17)10-19-13-8-11(15)7-12(16)9-13/h7-9H,2-6,10H2,1H3. The summed E-state index contributed by atoms with van der Waals surface area (Å²) in [5.41, 5.74) is 0. The summed E-state index contributed by atoms with van der Waals surface area (Å²) in [5.74, 6) is 0.0769. The molecule has 0 atom stereocenters. The van der Waals surface area contributed by atoms with Crippen LogP contribution in [0.2, 0.25) is 10.0 Å². The molecule has 0 spiro atoms. The van der Waals surface area contributed by atoms with Gasteiger partial charge in [-0.25, -0.2) is 4.79 Å². The lowest BCUT2D eigenvalue weighted by Gasteiger charge is -2.07. The molecule has 0 N–H and O–H groups in total. The van der Waals surface area contributed by atoms with Gasteiger partial charge in [-0.3, -0.25) is 0 Å². The zero-order chi connectivity index (χ0) is 14.1. The molecular formula is C14H18Cl2O3. The van der Waals surface area contributed by atoms with Crippen LogP contribution in [0.3, 0.4) is 0 Å². The highest BCUT2D eigenvalue weighted by Gasteiger charge is 2.05. The predicted molar refractivity (Wildman–Crippen MR) is 77.1 cm³/mol. The highest BCUT2D eigenvalue weighted by atomic mass is 35.5. The second-order valence-corrected chi connectivity index (χ2v) is 5.05. The molecule has 0 aliphatic heterocycles. The predicted octanol–water partition coefficient (Wildman–Crippen LogP) is 4.50. The number of hydrogen-bond donors (Lipinski definition) is 0. The third-order valence-electron chi connectivity index (χ3n) is 2.45. The third-order valence-corrected chi connectivity index (χ3v) is 2.89. The number of carbonyl (C=O) groups excluding carboxylic acids is 1. The van der Waals surface area contributed by atoms with Crippen molar-refractivity contribution in [3.8, 4) is 5.75 Å². The molecule has 0 saturated heterocycles. The lowest BCUT2D eigenvalue weighted by Crippen LogP contribution is -2.15. The van der Waals surface area contributed by atoms with E-state index < -0.39 is 0 Å². The van der Waals surface area contributed by atoms with Gasteiger partial charge < -0.3 is 9.47 Å². The number of carbonyl (C=O) groups is 1. The number of esters is 1. The fourth-order valence-electron chi connectivity index (χ4n) is 1.51. The summed E-state index contributed by atoms with van der Waals surface area (Å²) in [6.07, 6.45) is 4.29. The number of unbranched alkanes of at least 4 members (excludes halogenated alkanes) is 3. The fourth-order valence-corrected chi connectivity index (χ4v) is 2.02. The Hall–Kier alpha value is -0.930. The Kier molecular flexibility index (Phi) is 7.68. The monoisotopic (exact) mass is 304 g/mol. The van der Waals surface area contributed by atoms with Crippen LogP contribution >= 0.6 is 23.2 Å². The van der Waals surface area contributed by atoms with Gasteiger partial charge in [0.05, 0.1) is 6.61 Å². The summed E-state index contributed by atoms with van der Waals surface area (Å²) in [4.78, 5) is 11.4. The number of ether oxygens (including phenoxy) is 2. The van der Waals surface area contributed by atoms with Crippen LogP contribution in [0.15, 0.2) is 18.2 Å². The lowest BCUT2D eigenvalue weighted by molar-refractivity contribution is -0.146. The van der Waals surface area contributed by atoms with E-state index in [1.54, 1.807) is 18.2 Å². The topological polar surface area (TPSA) is 35.5 Å². The Morgan fingerprint density at radius 1 is 1.11 bits per heavy atom. The minimum absolute atomic E-state index is 0.134. The van der Waals surface area contributed by atoms with Crippen molar-refractivity contribution in [2.24, 2.45) is 0 Å². The van der Waals surface area contributed by atoms with Crippen molar-refractivity contribution in [2.75, 3.05) is 13.2 Å². The highest BCUT2D eigenvalue weighted by molar-refractivity contribution is 6.34. The van der Waals surface area contributed by atoms with Crippen LogP contribution in [0.1, 0.15) is 32.6 Å². The molecule has 0 heterocycles. The van der Waals surface area contributed by atoms with Crippen LogP contribution < -0.4 is 4.74 Å². The maximum absolute atomic E-state index is 11.4. The molecule has 0 saturated carbocycles. The lowest BCUT2D eigenvalue weighted by atomic mass is 10.2. The van der Waals surface area contributed by atoms with Gasteiger partial charge in [0.1, 0.15) is 5.75 Å². The smallest absolute Gasteiger partial charge is 0.344 e. The zero-order valence-electron chi connectivity index (χ0n) is 11.0. The molecule has 3 nitrogen and oxygen atoms in total. The van der Waals surface area contributed by atoms with Crippen molar-refractivity contribution >= 4 is 29.2 Å². The summed E-state index contributed by atoms with van der Waals surface area (Å²) in [6, 6.07) is 4.80. The van der Waals surface area contributed by atoms with Crippen LogP contribution in [-0.4, -0.2) is 19.2 Å². The average Bonchev–Trinajstić information content (AvgIpc) is 2.35. The van der Waals surface area contributed by atoms with Crippen LogP contribution in [-0.2, 0) is 9.53 Å². The number of rotatable bonds is 8. The molecule has 1 rings (SSSR count). The van der Waals surface area contributed by atoms with E-state index in [4.69, 9.17) is 32.7 Å². The van der Waals surface area contributed by atoms with E-state index in [1.165, 1.54) is 0 Å². The molecule has 19 heavy (non-hydrogen) atoms. The second-order valence-electron chi connectivity index (χ2n) is 4.17. The first-order chi connectivity index (χ1) is 9.11. The van der Waals surface area contributed by atoms with E-state index in [1.807, 2.05) is 0 Å². The summed E-state index contributed by atoms with van der Waals surface area (Å²) in [7, 11) is 0. The van der Waals surface area contributed by atoms with Crippen LogP contribution in [0.5, 0.6) is 5.75 Å². The SMILES string of the molecule is CCCCCCOC(=O)COc1cc(Cl)cc(Cl)c1. The van der Waals surface area contributed by atoms with Crippen molar-refractivity contribution in [2.45, 2.75) is 32.6 Å². The Balaban J connectivity index is 2.22. The van der Waals surface area contributed by atoms with Gasteiger partial charge in [-0.1, -0.05) is 49.4 Å². The van der Waals surface area contributed by atoms with Crippen LogP contribution in [0, 0.1) is 0 Å². The Morgan fingerprint density at radius 2 is 1.79 bits per heavy atom. The molecule has 0 fully saturated rings. The van der Waals surface area contributed by atoms with Gasteiger partial charge in [0.15, 0.2) is 6.61 Å². The Labute approximate surface area is 123 Å². The molecule has 0 bridgehead atoms. The van der Waals surface area contributed by atoms with Gasteiger partial charge in [-0.15, -0.1) is 0 Å². The molecule has 0 unspecified atom stereocenters. The molecule has 0 amide bonds.